The fourth-order valence-electron chi connectivity index (χ4n) is 2.44. The molecule has 6 heteroatoms. The molecule has 2 rings (SSSR count). The van der Waals surface area contributed by atoms with E-state index in [1.165, 1.54) is 4.90 Å². The summed E-state index contributed by atoms with van der Waals surface area (Å²) in [4.78, 5) is 24.8. The van der Waals surface area contributed by atoms with Crippen molar-refractivity contribution in [2.75, 3.05) is 13.1 Å². The van der Waals surface area contributed by atoms with Gasteiger partial charge in [-0.15, -0.1) is 0 Å². The largest absolute Gasteiger partial charge is 0.481 e. The van der Waals surface area contributed by atoms with E-state index in [2.05, 4.69) is 5.10 Å². The standard InChI is InChI=1S/C17H21N3O3/c1-4-19(9-8-16(21)22)17(23)15-11-18-20(13(15)3)14-7-5-6-12(2)10-14/h5-7,10-11H,4,8-9H2,1-3H3,(H,21,22). The van der Waals surface area contributed by atoms with Crippen LogP contribution in [0.15, 0.2) is 30.5 Å². The van der Waals surface area contributed by atoms with Crippen molar-refractivity contribution in [3.05, 3.63) is 47.3 Å². The second kappa shape index (κ2) is 7.09. The monoisotopic (exact) mass is 315 g/mol. The smallest absolute Gasteiger partial charge is 0.305 e. The number of hydrogen-bond donors (Lipinski definition) is 1. The average Bonchev–Trinajstić information content (AvgIpc) is 2.89. The minimum Gasteiger partial charge on any atom is -0.481 e. The fourth-order valence-corrected chi connectivity index (χ4v) is 2.44. The number of hydrogen-bond acceptors (Lipinski definition) is 3. The molecule has 2 aromatic rings. The molecule has 0 aliphatic heterocycles. The number of aryl methyl sites for hydroxylation is 1. The van der Waals surface area contributed by atoms with Crippen molar-refractivity contribution in [2.24, 2.45) is 0 Å². The maximum absolute atomic E-state index is 12.6. The third-order valence-corrected chi connectivity index (χ3v) is 3.75. The predicted molar refractivity (Wildman–Crippen MR) is 86.9 cm³/mol. The van der Waals surface area contributed by atoms with Gasteiger partial charge in [0.15, 0.2) is 0 Å². The summed E-state index contributed by atoms with van der Waals surface area (Å²) in [5.74, 6) is -1.10. The second-order valence-corrected chi connectivity index (χ2v) is 5.42. The van der Waals surface area contributed by atoms with Gasteiger partial charge in [0.2, 0.25) is 0 Å². The zero-order valence-corrected chi connectivity index (χ0v) is 13.6. The molecule has 0 fully saturated rings. The molecule has 0 spiro atoms. The summed E-state index contributed by atoms with van der Waals surface area (Å²) >= 11 is 0. The third kappa shape index (κ3) is 3.77. The van der Waals surface area contributed by atoms with Crippen molar-refractivity contribution in [2.45, 2.75) is 27.2 Å². The van der Waals surface area contributed by atoms with Gasteiger partial charge in [0, 0.05) is 13.1 Å². The molecule has 1 heterocycles. The van der Waals surface area contributed by atoms with E-state index >= 15 is 0 Å². The van der Waals surface area contributed by atoms with Gasteiger partial charge in [-0.25, -0.2) is 4.68 Å². The summed E-state index contributed by atoms with van der Waals surface area (Å²) in [6.07, 6.45) is 1.48. The molecular weight excluding hydrogens is 294 g/mol. The lowest BCUT2D eigenvalue weighted by Crippen LogP contribution is -2.33. The SMILES string of the molecule is CCN(CCC(=O)O)C(=O)c1cnn(-c2cccc(C)c2)c1C. The van der Waals surface area contributed by atoms with Gasteiger partial charge in [0.05, 0.1) is 29.6 Å². The molecule has 122 valence electrons. The predicted octanol–water partition coefficient (Wildman–Crippen LogP) is 2.43. The first-order valence-electron chi connectivity index (χ1n) is 7.56. The van der Waals surface area contributed by atoms with Gasteiger partial charge in [0.1, 0.15) is 0 Å². The molecule has 0 saturated heterocycles. The Balaban J connectivity index is 2.27. The number of rotatable bonds is 6. The van der Waals surface area contributed by atoms with Crippen molar-refractivity contribution >= 4 is 11.9 Å². The van der Waals surface area contributed by atoms with Crippen molar-refractivity contribution < 1.29 is 14.7 Å². The van der Waals surface area contributed by atoms with Crippen LogP contribution in [-0.4, -0.2) is 44.8 Å². The minimum atomic E-state index is -0.913. The van der Waals surface area contributed by atoms with Gasteiger partial charge >= 0.3 is 5.97 Å². The minimum absolute atomic E-state index is 0.0648. The van der Waals surface area contributed by atoms with Crippen molar-refractivity contribution in [3.8, 4) is 5.69 Å². The maximum atomic E-state index is 12.6. The molecule has 0 unspecified atom stereocenters. The van der Waals surface area contributed by atoms with Crippen LogP contribution in [-0.2, 0) is 4.79 Å². The van der Waals surface area contributed by atoms with Gasteiger partial charge in [-0.3, -0.25) is 9.59 Å². The molecule has 1 N–H and O–H groups in total. The highest BCUT2D eigenvalue weighted by Gasteiger charge is 2.20. The van der Waals surface area contributed by atoms with Crippen molar-refractivity contribution in [3.63, 3.8) is 0 Å². The molecule has 0 saturated carbocycles. The van der Waals surface area contributed by atoms with Gasteiger partial charge in [0.25, 0.3) is 5.91 Å². The van der Waals surface area contributed by atoms with E-state index in [4.69, 9.17) is 5.11 Å². The van der Waals surface area contributed by atoms with E-state index in [1.54, 1.807) is 10.9 Å². The molecule has 0 bridgehead atoms. The summed E-state index contributed by atoms with van der Waals surface area (Å²) in [5.41, 5.74) is 3.25. The number of amides is 1. The molecule has 0 aliphatic carbocycles. The Hall–Kier alpha value is -2.63. The van der Waals surface area contributed by atoms with Crippen LogP contribution in [0.3, 0.4) is 0 Å². The number of carbonyl (C=O) groups excluding carboxylic acids is 1. The van der Waals surface area contributed by atoms with Gasteiger partial charge in [-0.05, 0) is 38.5 Å². The highest BCUT2D eigenvalue weighted by atomic mass is 16.4. The number of aliphatic carboxylic acids is 1. The van der Waals surface area contributed by atoms with Crippen LogP contribution in [0.4, 0.5) is 0 Å². The van der Waals surface area contributed by atoms with Gasteiger partial charge < -0.3 is 10.0 Å². The molecule has 23 heavy (non-hydrogen) atoms. The van der Waals surface area contributed by atoms with E-state index in [1.807, 2.05) is 45.0 Å². The van der Waals surface area contributed by atoms with Crippen molar-refractivity contribution in [1.82, 2.24) is 14.7 Å². The van der Waals surface area contributed by atoms with E-state index in [-0.39, 0.29) is 18.9 Å². The molecule has 0 aliphatic rings. The van der Waals surface area contributed by atoms with Crippen LogP contribution < -0.4 is 0 Å². The second-order valence-electron chi connectivity index (χ2n) is 5.42. The molecule has 1 amide bonds. The molecular formula is C17H21N3O3. The number of carboxylic acid groups (broad SMARTS) is 1. The van der Waals surface area contributed by atoms with Crippen LogP contribution >= 0.6 is 0 Å². The number of aromatic nitrogens is 2. The molecule has 0 radical (unpaired) electrons. The Kier molecular flexibility index (Phi) is 5.16. The third-order valence-electron chi connectivity index (χ3n) is 3.75. The van der Waals surface area contributed by atoms with E-state index in [9.17, 15) is 9.59 Å². The van der Waals surface area contributed by atoms with E-state index < -0.39 is 5.97 Å². The van der Waals surface area contributed by atoms with Crippen LogP contribution in [0.1, 0.15) is 35.0 Å². The number of nitrogens with zero attached hydrogens (tertiary/aromatic N) is 3. The number of benzene rings is 1. The highest BCUT2D eigenvalue weighted by Crippen LogP contribution is 2.17. The van der Waals surface area contributed by atoms with Gasteiger partial charge in [-0.1, -0.05) is 12.1 Å². The topological polar surface area (TPSA) is 75.4 Å². The Bertz CT molecular complexity index is 722. The van der Waals surface area contributed by atoms with Crippen LogP contribution in [0.25, 0.3) is 5.69 Å². The summed E-state index contributed by atoms with van der Waals surface area (Å²) in [7, 11) is 0. The van der Waals surface area contributed by atoms with Crippen molar-refractivity contribution in [1.29, 1.82) is 0 Å². The van der Waals surface area contributed by atoms with Crippen LogP contribution in [0, 0.1) is 13.8 Å². The lowest BCUT2D eigenvalue weighted by molar-refractivity contribution is -0.137. The van der Waals surface area contributed by atoms with Crippen LogP contribution in [0.2, 0.25) is 0 Å². The number of carbonyl (C=O) groups is 2. The summed E-state index contributed by atoms with van der Waals surface area (Å²) in [6, 6.07) is 7.87. The Morgan fingerprint density at radius 1 is 1.30 bits per heavy atom. The highest BCUT2D eigenvalue weighted by molar-refractivity contribution is 5.95. The summed E-state index contributed by atoms with van der Waals surface area (Å²) < 4.78 is 1.73. The van der Waals surface area contributed by atoms with Crippen LogP contribution in [0.5, 0.6) is 0 Å². The van der Waals surface area contributed by atoms with E-state index in [0.717, 1.165) is 16.9 Å². The Morgan fingerprint density at radius 3 is 2.65 bits per heavy atom. The summed E-state index contributed by atoms with van der Waals surface area (Å²) in [6.45, 7) is 6.33. The fraction of sp³-hybridized carbons (Fsp3) is 0.353. The molecule has 6 nitrogen and oxygen atoms in total. The summed E-state index contributed by atoms with van der Waals surface area (Å²) in [5, 5.41) is 13.1. The lowest BCUT2D eigenvalue weighted by atomic mass is 10.2. The molecule has 1 aromatic heterocycles. The normalized spacial score (nSPS) is 10.6. The Labute approximate surface area is 135 Å². The lowest BCUT2D eigenvalue weighted by Gasteiger charge is -2.19. The number of carboxylic acids is 1. The van der Waals surface area contributed by atoms with Gasteiger partial charge in [-0.2, -0.15) is 5.10 Å². The molecule has 1 aromatic carbocycles. The zero-order chi connectivity index (χ0) is 17.0. The Morgan fingerprint density at radius 2 is 2.04 bits per heavy atom. The van der Waals surface area contributed by atoms with E-state index in [0.29, 0.717) is 12.1 Å². The first-order valence-corrected chi connectivity index (χ1v) is 7.56. The maximum Gasteiger partial charge on any atom is 0.305 e. The first-order chi connectivity index (χ1) is 10.9. The quantitative estimate of drug-likeness (QED) is 0.888. The first kappa shape index (κ1) is 16.7. The zero-order valence-electron chi connectivity index (χ0n) is 13.6. The molecule has 0 atom stereocenters. The average molecular weight is 315 g/mol.